The number of carboxylic acids is 1. The molecule has 2 atom stereocenters. The molecule has 0 spiro atoms. The summed E-state index contributed by atoms with van der Waals surface area (Å²) in [7, 11) is 0. The van der Waals surface area contributed by atoms with Crippen LogP contribution in [-0.2, 0) is 20.7 Å². The number of rotatable bonds is 5. The quantitative estimate of drug-likeness (QED) is 0.849. The van der Waals surface area contributed by atoms with Crippen molar-refractivity contribution in [1.82, 2.24) is 0 Å². The van der Waals surface area contributed by atoms with E-state index in [-0.39, 0.29) is 0 Å². The fourth-order valence-corrected chi connectivity index (χ4v) is 2.16. The highest BCUT2D eigenvalue weighted by atomic mass is 79.9. The van der Waals surface area contributed by atoms with Gasteiger partial charge in [0.05, 0.1) is 5.92 Å². The maximum absolute atomic E-state index is 11.2. The summed E-state index contributed by atoms with van der Waals surface area (Å²) in [6.45, 7) is 2.87. The normalized spacial score (nSPS) is 13.7. The van der Waals surface area contributed by atoms with Gasteiger partial charge in [0.1, 0.15) is 6.10 Å². The van der Waals surface area contributed by atoms with Crippen molar-refractivity contribution in [3.8, 4) is 0 Å². The fraction of sp³-hybridized carbons (Fsp3) is 0.385. The molecule has 18 heavy (non-hydrogen) atoms. The van der Waals surface area contributed by atoms with E-state index in [4.69, 9.17) is 4.74 Å². The van der Waals surface area contributed by atoms with E-state index in [1.807, 2.05) is 24.3 Å². The van der Waals surface area contributed by atoms with Crippen molar-refractivity contribution >= 4 is 27.9 Å². The van der Waals surface area contributed by atoms with Gasteiger partial charge in [0.25, 0.3) is 0 Å². The first kappa shape index (κ1) is 14.7. The Bertz CT molecular complexity index is 444. The van der Waals surface area contributed by atoms with E-state index < -0.39 is 24.0 Å². The summed E-state index contributed by atoms with van der Waals surface area (Å²) in [6, 6.07) is 7.42. The minimum atomic E-state index is -0.969. The average Bonchev–Trinajstić information content (AvgIpc) is 2.24. The number of carbonyl (C=O) groups is 2. The molecule has 0 radical (unpaired) electrons. The largest absolute Gasteiger partial charge is 0.481 e. The molecule has 0 heterocycles. The SMILES string of the molecule is CC(=O)OC(C)C(Cc1cccc(Br)c1)C(=O)O. The Morgan fingerprint density at radius 3 is 2.61 bits per heavy atom. The van der Waals surface area contributed by atoms with E-state index in [2.05, 4.69) is 15.9 Å². The Balaban J connectivity index is 2.80. The smallest absolute Gasteiger partial charge is 0.310 e. The Morgan fingerprint density at radius 2 is 2.11 bits per heavy atom. The van der Waals surface area contributed by atoms with Gasteiger partial charge in [-0.1, -0.05) is 28.1 Å². The summed E-state index contributed by atoms with van der Waals surface area (Å²) < 4.78 is 5.84. The van der Waals surface area contributed by atoms with Gasteiger partial charge in [-0.15, -0.1) is 0 Å². The van der Waals surface area contributed by atoms with E-state index in [0.717, 1.165) is 10.0 Å². The van der Waals surface area contributed by atoms with Crippen molar-refractivity contribution in [2.45, 2.75) is 26.4 Å². The summed E-state index contributed by atoms with van der Waals surface area (Å²) in [5, 5.41) is 9.18. The number of carbonyl (C=O) groups excluding carboxylic acids is 1. The van der Waals surface area contributed by atoms with Gasteiger partial charge in [0, 0.05) is 11.4 Å². The van der Waals surface area contributed by atoms with Crippen LogP contribution in [0.5, 0.6) is 0 Å². The third kappa shape index (κ3) is 4.49. The lowest BCUT2D eigenvalue weighted by Crippen LogP contribution is -2.31. The van der Waals surface area contributed by atoms with Crippen molar-refractivity contribution in [2.75, 3.05) is 0 Å². The van der Waals surface area contributed by atoms with Crippen molar-refractivity contribution in [2.24, 2.45) is 5.92 Å². The first-order valence-electron chi connectivity index (χ1n) is 5.54. The Labute approximate surface area is 114 Å². The van der Waals surface area contributed by atoms with Gasteiger partial charge in [-0.3, -0.25) is 9.59 Å². The molecule has 2 unspecified atom stereocenters. The first-order chi connectivity index (χ1) is 8.40. The molecule has 0 bridgehead atoms. The van der Waals surface area contributed by atoms with Crippen LogP contribution in [0, 0.1) is 5.92 Å². The predicted octanol–water partition coefficient (Wildman–Crippen LogP) is 2.64. The van der Waals surface area contributed by atoms with E-state index in [0.29, 0.717) is 6.42 Å². The Morgan fingerprint density at radius 1 is 1.44 bits per heavy atom. The Hall–Kier alpha value is -1.36. The molecule has 1 aromatic rings. The summed E-state index contributed by atoms with van der Waals surface area (Å²) in [6.07, 6.45) is -0.331. The third-order valence-corrected chi connectivity index (χ3v) is 3.07. The summed E-state index contributed by atoms with van der Waals surface area (Å²) >= 11 is 3.33. The molecule has 1 aromatic carbocycles. The van der Waals surface area contributed by atoms with Crippen molar-refractivity contribution < 1.29 is 19.4 Å². The van der Waals surface area contributed by atoms with Crippen LogP contribution in [0.2, 0.25) is 0 Å². The maximum Gasteiger partial charge on any atom is 0.310 e. The molecule has 5 heteroatoms. The minimum absolute atomic E-state index is 0.323. The summed E-state index contributed by atoms with van der Waals surface area (Å²) in [5.41, 5.74) is 0.885. The standard InChI is InChI=1S/C13H15BrO4/c1-8(18-9(2)15)12(13(16)17)7-10-4-3-5-11(14)6-10/h3-6,8,12H,7H2,1-2H3,(H,16,17). The van der Waals surface area contributed by atoms with Gasteiger partial charge in [0.2, 0.25) is 0 Å². The molecule has 0 aromatic heterocycles. The molecule has 98 valence electrons. The van der Waals surface area contributed by atoms with Crippen LogP contribution in [0.25, 0.3) is 0 Å². The van der Waals surface area contributed by atoms with Crippen molar-refractivity contribution in [3.05, 3.63) is 34.3 Å². The zero-order valence-electron chi connectivity index (χ0n) is 10.2. The van der Waals surface area contributed by atoms with E-state index in [1.54, 1.807) is 6.92 Å². The molecular weight excluding hydrogens is 300 g/mol. The Kier molecular flexibility index (Phi) is 5.34. The third-order valence-electron chi connectivity index (χ3n) is 2.58. The molecule has 0 saturated carbocycles. The second-order valence-corrected chi connectivity index (χ2v) is 5.01. The number of hydrogen-bond donors (Lipinski definition) is 1. The van der Waals surface area contributed by atoms with Crippen LogP contribution in [-0.4, -0.2) is 23.1 Å². The van der Waals surface area contributed by atoms with Gasteiger partial charge in [-0.2, -0.15) is 0 Å². The van der Waals surface area contributed by atoms with Crippen molar-refractivity contribution in [3.63, 3.8) is 0 Å². The van der Waals surface area contributed by atoms with Gasteiger partial charge in [-0.05, 0) is 31.0 Å². The number of aliphatic carboxylic acids is 1. The van der Waals surface area contributed by atoms with Gasteiger partial charge < -0.3 is 9.84 Å². The van der Waals surface area contributed by atoms with Crippen LogP contribution < -0.4 is 0 Å². The van der Waals surface area contributed by atoms with Gasteiger partial charge in [-0.25, -0.2) is 0 Å². The fourth-order valence-electron chi connectivity index (χ4n) is 1.72. The van der Waals surface area contributed by atoms with Gasteiger partial charge in [0.15, 0.2) is 0 Å². The molecule has 0 fully saturated rings. The average molecular weight is 315 g/mol. The van der Waals surface area contributed by atoms with E-state index in [9.17, 15) is 14.7 Å². The molecule has 4 nitrogen and oxygen atoms in total. The highest BCUT2D eigenvalue weighted by molar-refractivity contribution is 9.10. The number of hydrogen-bond acceptors (Lipinski definition) is 3. The van der Waals surface area contributed by atoms with Crippen LogP contribution in [0.15, 0.2) is 28.7 Å². The second-order valence-electron chi connectivity index (χ2n) is 4.09. The monoisotopic (exact) mass is 314 g/mol. The van der Waals surface area contributed by atoms with E-state index in [1.165, 1.54) is 6.92 Å². The lowest BCUT2D eigenvalue weighted by Gasteiger charge is -2.20. The van der Waals surface area contributed by atoms with Crippen LogP contribution in [0.1, 0.15) is 19.4 Å². The molecule has 1 N–H and O–H groups in total. The zero-order valence-corrected chi connectivity index (χ0v) is 11.8. The number of esters is 1. The first-order valence-corrected chi connectivity index (χ1v) is 6.34. The number of benzene rings is 1. The molecule has 0 aliphatic rings. The molecule has 0 aliphatic heterocycles. The summed E-state index contributed by atoms with van der Waals surface area (Å²) in [4.78, 5) is 22.1. The molecular formula is C13H15BrO4. The highest BCUT2D eigenvalue weighted by Gasteiger charge is 2.27. The lowest BCUT2D eigenvalue weighted by molar-refractivity contribution is -0.155. The molecule has 0 amide bonds. The van der Waals surface area contributed by atoms with Crippen molar-refractivity contribution in [1.29, 1.82) is 0 Å². The number of ether oxygens (including phenoxy) is 1. The second kappa shape index (κ2) is 6.54. The molecule has 0 aliphatic carbocycles. The lowest BCUT2D eigenvalue weighted by atomic mass is 9.95. The van der Waals surface area contributed by atoms with Crippen LogP contribution >= 0.6 is 15.9 Å². The topological polar surface area (TPSA) is 63.6 Å². The summed E-state index contributed by atoms with van der Waals surface area (Å²) in [5.74, 6) is -2.19. The van der Waals surface area contributed by atoms with E-state index >= 15 is 0 Å². The number of carboxylic acid groups (broad SMARTS) is 1. The number of halogens is 1. The highest BCUT2D eigenvalue weighted by Crippen LogP contribution is 2.19. The zero-order chi connectivity index (χ0) is 13.7. The maximum atomic E-state index is 11.2. The molecule has 0 saturated heterocycles. The van der Waals surface area contributed by atoms with Crippen LogP contribution in [0.3, 0.4) is 0 Å². The predicted molar refractivity (Wildman–Crippen MR) is 70.2 cm³/mol. The van der Waals surface area contributed by atoms with Gasteiger partial charge >= 0.3 is 11.9 Å². The van der Waals surface area contributed by atoms with Crippen LogP contribution in [0.4, 0.5) is 0 Å². The minimum Gasteiger partial charge on any atom is -0.481 e. The molecule has 1 rings (SSSR count).